The molecule has 0 radical (unpaired) electrons. The van der Waals surface area contributed by atoms with Gasteiger partial charge < -0.3 is 4.42 Å². The van der Waals surface area contributed by atoms with Crippen molar-refractivity contribution in [2.45, 2.75) is 32.9 Å². The number of nitrogens with zero attached hydrogens (tertiary/aromatic N) is 7. The van der Waals surface area contributed by atoms with Crippen LogP contribution in [0.1, 0.15) is 26.6 Å². The normalized spacial score (nSPS) is 11.9. The quantitative estimate of drug-likeness (QED) is 0.715. The van der Waals surface area contributed by atoms with Gasteiger partial charge in [-0.15, -0.1) is 10.2 Å². The van der Waals surface area contributed by atoms with Crippen LogP contribution < -0.4 is 0 Å². The van der Waals surface area contributed by atoms with Gasteiger partial charge in [0.15, 0.2) is 11.6 Å². The highest BCUT2D eigenvalue weighted by molar-refractivity contribution is 5.43. The molecule has 8 nitrogen and oxygen atoms in total. The average molecular weight is 273 g/mol. The number of hydrogen-bond acceptors (Lipinski definition) is 6. The van der Waals surface area contributed by atoms with Gasteiger partial charge in [0.1, 0.15) is 12.9 Å². The third-order valence-corrected chi connectivity index (χ3v) is 2.73. The first-order valence-corrected chi connectivity index (χ1v) is 6.25. The lowest BCUT2D eigenvalue weighted by atomic mass is 10.1. The lowest BCUT2D eigenvalue weighted by molar-refractivity contribution is 0.333. The molecular weight excluding hydrogens is 258 g/mol. The molecule has 3 rings (SSSR count). The number of tetrazole rings is 1. The van der Waals surface area contributed by atoms with E-state index in [1.54, 1.807) is 18.4 Å². The summed E-state index contributed by atoms with van der Waals surface area (Å²) in [7, 11) is 0. The van der Waals surface area contributed by atoms with Crippen molar-refractivity contribution in [3.63, 3.8) is 0 Å². The van der Waals surface area contributed by atoms with E-state index in [0.29, 0.717) is 18.1 Å². The van der Waals surface area contributed by atoms with E-state index >= 15 is 0 Å². The van der Waals surface area contributed by atoms with Crippen LogP contribution in [0.5, 0.6) is 0 Å². The van der Waals surface area contributed by atoms with Crippen LogP contribution in [0, 0.1) is 0 Å². The summed E-state index contributed by atoms with van der Waals surface area (Å²) in [5.41, 5.74) is -0.143. The average Bonchev–Trinajstić information content (AvgIpc) is 3.08. The molecular formula is C12H15N7O. The van der Waals surface area contributed by atoms with Gasteiger partial charge in [0, 0.05) is 0 Å². The van der Waals surface area contributed by atoms with Gasteiger partial charge in [-0.05, 0) is 38.1 Å². The molecule has 0 saturated heterocycles. The predicted molar refractivity (Wildman–Crippen MR) is 69.6 cm³/mol. The van der Waals surface area contributed by atoms with Crippen LogP contribution in [0.15, 0.2) is 29.1 Å². The van der Waals surface area contributed by atoms with Crippen LogP contribution >= 0.6 is 0 Å². The van der Waals surface area contributed by atoms with Gasteiger partial charge in [-0.2, -0.15) is 9.90 Å². The molecule has 0 saturated carbocycles. The van der Waals surface area contributed by atoms with Crippen LogP contribution in [0.4, 0.5) is 0 Å². The Labute approximate surface area is 115 Å². The van der Waals surface area contributed by atoms with Crippen molar-refractivity contribution in [2.24, 2.45) is 0 Å². The van der Waals surface area contributed by atoms with E-state index in [4.69, 9.17) is 4.42 Å². The second-order valence-electron chi connectivity index (χ2n) is 5.38. The van der Waals surface area contributed by atoms with Crippen molar-refractivity contribution < 1.29 is 4.42 Å². The van der Waals surface area contributed by atoms with E-state index in [0.717, 1.165) is 5.82 Å². The second-order valence-corrected chi connectivity index (χ2v) is 5.38. The zero-order valence-corrected chi connectivity index (χ0v) is 11.6. The summed E-state index contributed by atoms with van der Waals surface area (Å²) in [5.74, 6) is 1.83. The van der Waals surface area contributed by atoms with Crippen molar-refractivity contribution >= 4 is 0 Å². The molecule has 0 N–H and O–H groups in total. The number of aromatic nitrogens is 7. The Bertz CT molecular complexity index is 690. The summed E-state index contributed by atoms with van der Waals surface area (Å²) in [5, 5.41) is 16.5. The molecule has 0 aromatic carbocycles. The molecule has 20 heavy (non-hydrogen) atoms. The van der Waals surface area contributed by atoms with Gasteiger partial charge in [0.2, 0.25) is 5.82 Å². The highest BCUT2D eigenvalue weighted by Crippen LogP contribution is 2.15. The molecule has 3 aromatic rings. The summed E-state index contributed by atoms with van der Waals surface area (Å²) >= 11 is 0. The fourth-order valence-corrected chi connectivity index (χ4v) is 1.87. The maximum atomic E-state index is 5.23. The minimum atomic E-state index is -0.143. The Balaban J connectivity index is 1.84. The minimum Gasteiger partial charge on any atom is -0.461 e. The number of furan rings is 1. The first-order chi connectivity index (χ1) is 9.54. The molecule has 0 spiro atoms. The zero-order valence-electron chi connectivity index (χ0n) is 11.6. The lowest BCUT2D eigenvalue weighted by Gasteiger charge is -2.20. The fraction of sp³-hybridized carbons (Fsp3) is 0.417. The minimum absolute atomic E-state index is 0.143. The fourth-order valence-electron chi connectivity index (χ4n) is 1.87. The van der Waals surface area contributed by atoms with E-state index in [1.165, 1.54) is 11.1 Å². The first kappa shape index (κ1) is 12.5. The monoisotopic (exact) mass is 273 g/mol. The number of hydrogen-bond donors (Lipinski definition) is 0. The molecule has 0 bridgehead atoms. The molecule has 8 heteroatoms. The standard InChI is InChI=1S/C12H15N7O/c1-12(2,3)19-10(13-8-14-19)7-18-16-11(15-17-18)9-5-4-6-20-9/h4-6,8H,7H2,1-3H3. The molecule has 0 amide bonds. The highest BCUT2D eigenvalue weighted by Gasteiger charge is 2.19. The predicted octanol–water partition coefficient (Wildman–Crippen LogP) is 1.33. The van der Waals surface area contributed by atoms with Crippen molar-refractivity contribution in [1.82, 2.24) is 35.0 Å². The highest BCUT2D eigenvalue weighted by atomic mass is 16.3. The SMILES string of the molecule is CC(C)(C)n1ncnc1Cn1nnc(-c2ccco2)n1. The van der Waals surface area contributed by atoms with Gasteiger partial charge in [-0.1, -0.05) is 0 Å². The molecule has 3 heterocycles. The van der Waals surface area contributed by atoms with E-state index in [1.807, 2.05) is 4.68 Å². The summed E-state index contributed by atoms with van der Waals surface area (Å²) in [4.78, 5) is 5.73. The largest absolute Gasteiger partial charge is 0.461 e. The summed E-state index contributed by atoms with van der Waals surface area (Å²) in [6, 6.07) is 3.57. The first-order valence-electron chi connectivity index (χ1n) is 6.25. The summed E-state index contributed by atoms with van der Waals surface area (Å²) < 4.78 is 7.08. The Morgan fingerprint density at radius 3 is 2.85 bits per heavy atom. The van der Waals surface area contributed by atoms with Crippen LogP contribution in [-0.4, -0.2) is 35.0 Å². The molecule has 0 fully saturated rings. The van der Waals surface area contributed by atoms with Gasteiger partial charge in [-0.25, -0.2) is 9.67 Å². The van der Waals surface area contributed by atoms with Crippen LogP contribution in [0.3, 0.4) is 0 Å². The van der Waals surface area contributed by atoms with Crippen LogP contribution in [0.25, 0.3) is 11.6 Å². The third-order valence-electron chi connectivity index (χ3n) is 2.73. The van der Waals surface area contributed by atoms with Crippen LogP contribution in [0.2, 0.25) is 0 Å². The van der Waals surface area contributed by atoms with Gasteiger partial charge in [0.25, 0.3) is 0 Å². The lowest BCUT2D eigenvalue weighted by Crippen LogP contribution is -2.26. The molecule has 0 atom stereocenters. The van der Waals surface area contributed by atoms with Gasteiger partial charge in [0.05, 0.1) is 11.8 Å². The topological polar surface area (TPSA) is 87.5 Å². The van der Waals surface area contributed by atoms with Gasteiger partial charge in [-0.3, -0.25) is 0 Å². The Morgan fingerprint density at radius 1 is 1.30 bits per heavy atom. The van der Waals surface area contributed by atoms with E-state index in [2.05, 4.69) is 46.3 Å². The maximum absolute atomic E-state index is 5.23. The molecule has 0 aliphatic rings. The molecule has 0 aliphatic heterocycles. The Morgan fingerprint density at radius 2 is 2.15 bits per heavy atom. The maximum Gasteiger partial charge on any atom is 0.240 e. The van der Waals surface area contributed by atoms with Crippen molar-refractivity contribution in [3.05, 3.63) is 30.5 Å². The Hall–Kier alpha value is -2.51. The van der Waals surface area contributed by atoms with Crippen molar-refractivity contribution in [3.8, 4) is 11.6 Å². The van der Waals surface area contributed by atoms with E-state index < -0.39 is 0 Å². The van der Waals surface area contributed by atoms with Crippen molar-refractivity contribution in [2.75, 3.05) is 0 Å². The second kappa shape index (κ2) is 4.55. The molecule has 104 valence electrons. The molecule has 0 unspecified atom stereocenters. The third kappa shape index (κ3) is 2.31. The van der Waals surface area contributed by atoms with Gasteiger partial charge >= 0.3 is 0 Å². The van der Waals surface area contributed by atoms with E-state index in [9.17, 15) is 0 Å². The molecule has 3 aromatic heterocycles. The summed E-state index contributed by atoms with van der Waals surface area (Å²) in [6.45, 7) is 6.60. The Kier molecular flexibility index (Phi) is 2.85. The zero-order chi connectivity index (χ0) is 14.2. The summed E-state index contributed by atoms with van der Waals surface area (Å²) in [6.07, 6.45) is 3.11. The van der Waals surface area contributed by atoms with Crippen molar-refractivity contribution in [1.29, 1.82) is 0 Å². The smallest absolute Gasteiger partial charge is 0.240 e. The van der Waals surface area contributed by atoms with E-state index in [-0.39, 0.29) is 5.54 Å². The number of rotatable bonds is 3. The van der Waals surface area contributed by atoms with Crippen LogP contribution in [-0.2, 0) is 12.1 Å². The molecule has 0 aliphatic carbocycles.